The van der Waals surface area contributed by atoms with Gasteiger partial charge in [0.05, 0.1) is 5.69 Å². The summed E-state index contributed by atoms with van der Waals surface area (Å²) in [4.78, 5) is 6.28. The summed E-state index contributed by atoms with van der Waals surface area (Å²) in [6.07, 6.45) is 7.44. The smallest absolute Gasteiger partial charge is 0.244 e. The zero-order chi connectivity index (χ0) is 17.3. The standard InChI is InChI=1S/C17H21N5O2S/c23-25(24,15-5-3-7-18-13-15)22-10-8-21(9-11-22)17-12-14-4-1-2-6-16(14)19-20-17/h3,5,7,12-13H,1-2,4,6,8-11H2. The second-order valence-electron chi connectivity index (χ2n) is 6.46. The molecule has 25 heavy (non-hydrogen) atoms. The van der Waals surface area contributed by atoms with Crippen LogP contribution >= 0.6 is 0 Å². The molecule has 0 radical (unpaired) electrons. The number of aryl methyl sites for hydroxylation is 2. The van der Waals surface area contributed by atoms with Gasteiger partial charge in [-0.15, -0.1) is 5.10 Å². The third-order valence-electron chi connectivity index (χ3n) is 4.89. The van der Waals surface area contributed by atoms with E-state index in [1.807, 2.05) is 0 Å². The van der Waals surface area contributed by atoms with Crippen LogP contribution in [0.25, 0.3) is 0 Å². The highest BCUT2D eigenvalue weighted by Gasteiger charge is 2.29. The molecular weight excluding hydrogens is 338 g/mol. The van der Waals surface area contributed by atoms with E-state index in [1.54, 1.807) is 18.3 Å². The van der Waals surface area contributed by atoms with E-state index < -0.39 is 10.0 Å². The number of pyridine rings is 1. The lowest BCUT2D eigenvalue weighted by molar-refractivity contribution is 0.383. The highest BCUT2D eigenvalue weighted by Crippen LogP contribution is 2.24. The maximum absolute atomic E-state index is 12.7. The van der Waals surface area contributed by atoms with Gasteiger partial charge in [-0.25, -0.2) is 8.42 Å². The summed E-state index contributed by atoms with van der Waals surface area (Å²) in [6.45, 7) is 2.12. The van der Waals surface area contributed by atoms with Crippen LogP contribution in [0.3, 0.4) is 0 Å². The third-order valence-corrected chi connectivity index (χ3v) is 6.77. The lowest BCUT2D eigenvalue weighted by Crippen LogP contribution is -2.49. The first-order valence-corrected chi connectivity index (χ1v) is 10.1. The van der Waals surface area contributed by atoms with Gasteiger partial charge in [0.15, 0.2) is 5.82 Å². The minimum absolute atomic E-state index is 0.247. The molecule has 1 saturated heterocycles. The average Bonchev–Trinajstić information content (AvgIpc) is 2.68. The zero-order valence-electron chi connectivity index (χ0n) is 14.0. The van der Waals surface area contributed by atoms with Crippen LogP contribution in [-0.2, 0) is 22.9 Å². The molecule has 1 aliphatic carbocycles. The van der Waals surface area contributed by atoms with E-state index in [9.17, 15) is 8.42 Å². The van der Waals surface area contributed by atoms with Crippen LogP contribution in [0, 0.1) is 0 Å². The van der Waals surface area contributed by atoms with E-state index >= 15 is 0 Å². The highest BCUT2D eigenvalue weighted by atomic mass is 32.2. The van der Waals surface area contributed by atoms with Gasteiger partial charge in [-0.3, -0.25) is 4.98 Å². The van der Waals surface area contributed by atoms with Crippen LogP contribution < -0.4 is 4.90 Å². The summed E-state index contributed by atoms with van der Waals surface area (Å²) in [5, 5.41) is 8.74. The van der Waals surface area contributed by atoms with E-state index in [-0.39, 0.29) is 4.90 Å². The average molecular weight is 359 g/mol. The minimum Gasteiger partial charge on any atom is -0.352 e. The molecule has 0 spiro atoms. The number of rotatable bonds is 3. The highest BCUT2D eigenvalue weighted by molar-refractivity contribution is 7.89. The Kier molecular flexibility index (Phi) is 4.39. The summed E-state index contributed by atoms with van der Waals surface area (Å²) in [7, 11) is -3.47. The molecule has 2 aromatic rings. The Morgan fingerprint density at radius 1 is 1.00 bits per heavy atom. The fourth-order valence-corrected chi connectivity index (χ4v) is 4.83. The number of anilines is 1. The van der Waals surface area contributed by atoms with Gasteiger partial charge in [0.25, 0.3) is 0 Å². The lowest BCUT2D eigenvalue weighted by atomic mass is 9.97. The molecule has 1 fully saturated rings. The summed E-state index contributed by atoms with van der Waals surface area (Å²) in [6, 6.07) is 5.36. The first kappa shape index (κ1) is 16.4. The van der Waals surface area contributed by atoms with Gasteiger partial charge >= 0.3 is 0 Å². The van der Waals surface area contributed by atoms with Crippen molar-refractivity contribution in [1.29, 1.82) is 0 Å². The van der Waals surface area contributed by atoms with Crippen LogP contribution in [0.15, 0.2) is 35.5 Å². The van der Waals surface area contributed by atoms with Crippen molar-refractivity contribution < 1.29 is 8.42 Å². The number of fused-ring (bicyclic) bond motifs is 1. The van der Waals surface area contributed by atoms with Gasteiger partial charge in [0.2, 0.25) is 10.0 Å². The molecule has 0 saturated carbocycles. The fraction of sp³-hybridized carbons (Fsp3) is 0.471. The minimum atomic E-state index is -3.47. The molecule has 0 atom stereocenters. The van der Waals surface area contributed by atoms with Gasteiger partial charge in [0.1, 0.15) is 4.90 Å². The van der Waals surface area contributed by atoms with Crippen LogP contribution in [0.4, 0.5) is 5.82 Å². The van der Waals surface area contributed by atoms with Crippen molar-refractivity contribution in [3.63, 3.8) is 0 Å². The quantitative estimate of drug-likeness (QED) is 0.821. The summed E-state index contributed by atoms with van der Waals surface area (Å²) in [5.41, 5.74) is 2.41. The molecule has 7 nitrogen and oxygen atoms in total. The first-order chi connectivity index (χ1) is 12.1. The number of sulfonamides is 1. The number of aromatic nitrogens is 3. The third kappa shape index (κ3) is 3.23. The maximum atomic E-state index is 12.7. The summed E-state index contributed by atoms with van der Waals surface area (Å²) in [5.74, 6) is 0.860. The zero-order valence-corrected chi connectivity index (χ0v) is 14.8. The van der Waals surface area contributed by atoms with Crippen LogP contribution in [0.1, 0.15) is 24.1 Å². The molecule has 0 bridgehead atoms. The first-order valence-electron chi connectivity index (χ1n) is 8.65. The number of piperazine rings is 1. The molecule has 0 aromatic carbocycles. The van der Waals surface area contributed by atoms with E-state index in [0.717, 1.165) is 24.4 Å². The van der Waals surface area contributed by atoms with Gasteiger partial charge in [-0.1, -0.05) is 0 Å². The SMILES string of the molecule is O=S(=O)(c1cccnc1)N1CCN(c2cc3c(nn2)CCCC3)CC1. The molecule has 2 aliphatic rings. The van der Waals surface area contributed by atoms with Crippen molar-refractivity contribution in [3.05, 3.63) is 41.9 Å². The molecule has 1 aliphatic heterocycles. The Bertz CT molecular complexity index is 849. The molecule has 0 unspecified atom stereocenters. The Hall–Kier alpha value is -2.06. The van der Waals surface area contributed by atoms with Crippen LogP contribution in [0.5, 0.6) is 0 Å². The molecule has 4 rings (SSSR count). The Labute approximate surface area is 147 Å². The molecule has 8 heteroatoms. The van der Waals surface area contributed by atoms with Crippen molar-refractivity contribution in [2.75, 3.05) is 31.1 Å². The fourth-order valence-electron chi connectivity index (χ4n) is 3.44. The van der Waals surface area contributed by atoms with E-state index in [0.29, 0.717) is 26.2 Å². The van der Waals surface area contributed by atoms with Crippen molar-refractivity contribution >= 4 is 15.8 Å². The molecule has 0 amide bonds. The van der Waals surface area contributed by atoms with E-state index in [4.69, 9.17) is 0 Å². The van der Waals surface area contributed by atoms with Gasteiger partial charge in [0, 0.05) is 38.6 Å². The largest absolute Gasteiger partial charge is 0.352 e. The lowest BCUT2D eigenvalue weighted by Gasteiger charge is -2.34. The molecular formula is C17H21N5O2S. The van der Waals surface area contributed by atoms with Crippen LogP contribution in [0.2, 0.25) is 0 Å². The van der Waals surface area contributed by atoms with E-state index in [2.05, 4.69) is 26.1 Å². The van der Waals surface area contributed by atoms with Crippen LogP contribution in [-0.4, -0.2) is 54.1 Å². The number of hydrogen-bond donors (Lipinski definition) is 0. The maximum Gasteiger partial charge on any atom is 0.244 e. The van der Waals surface area contributed by atoms with Gasteiger partial charge in [-0.2, -0.15) is 9.40 Å². The Balaban J connectivity index is 1.47. The van der Waals surface area contributed by atoms with Crippen molar-refractivity contribution in [3.8, 4) is 0 Å². The normalized spacial score (nSPS) is 18.8. The predicted octanol–water partition coefficient (Wildman–Crippen LogP) is 1.26. The second kappa shape index (κ2) is 6.68. The predicted molar refractivity (Wildman–Crippen MR) is 93.9 cm³/mol. The summed E-state index contributed by atoms with van der Waals surface area (Å²) < 4.78 is 26.8. The van der Waals surface area contributed by atoms with Gasteiger partial charge in [-0.05, 0) is 49.4 Å². The molecule has 132 valence electrons. The summed E-state index contributed by atoms with van der Waals surface area (Å²) >= 11 is 0. The monoisotopic (exact) mass is 359 g/mol. The topological polar surface area (TPSA) is 79.3 Å². The molecule has 2 aromatic heterocycles. The van der Waals surface area contributed by atoms with Crippen molar-refractivity contribution in [2.45, 2.75) is 30.6 Å². The molecule has 0 N–H and O–H groups in total. The number of nitrogens with zero attached hydrogens (tertiary/aromatic N) is 5. The molecule has 3 heterocycles. The van der Waals surface area contributed by atoms with Gasteiger partial charge < -0.3 is 4.90 Å². The van der Waals surface area contributed by atoms with Crippen molar-refractivity contribution in [2.24, 2.45) is 0 Å². The second-order valence-corrected chi connectivity index (χ2v) is 8.40. The Morgan fingerprint density at radius 3 is 2.56 bits per heavy atom. The van der Waals surface area contributed by atoms with E-state index in [1.165, 1.54) is 28.9 Å². The van der Waals surface area contributed by atoms with Crippen molar-refractivity contribution in [1.82, 2.24) is 19.5 Å². The number of hydrogen-bond acceptors (Lipinski definition) is 6. The Morgan fingerprint density at radius 2 is 1.80 bits per heavy atom.